The van der Waals surface area contributed by atoms with E-state index in [1.165, 1.54) is 11.6 Å². The lowest BCUT2D eigenvalue weighted by Gasteiger charge is -2.05. The van der Waals surface area contributed by atoms with Crippen LogP contribution >= 0.6 is 0 Å². The number of fused-ring (bicyclic) bond motifs is 1. The first-order valence-corrected chi connectivity index (χ1v) is 5.57. The van der Waals surface area contributed by atoms with Crippen molar-refractivity contribution in [1.82, 2.24) is 24.1 Å². The predicted molar refractivity (Wildman–Crippen MR) is 62.9 cm³/mol. The van der Waals surface area contributed by atoms with Crippen molar-refractivity contribution in [2.24, 2.45) is 14.1 Å². The lowest BCUT2D eigenvalue weighted by Crippen LogP contribution is -2.37. The van der Waals surface area contributed by atoms with E-state index in [9.17, 15) is 9.59 Å². The summed E-state index contributed by atoms with van der Waals surface area (Å²) >= 11 is 0. The van der Waals surface area contributed by atoms with E-state index >= 15 is 0 Å². The van der Waals surface area contributed by atoms with Gasteiger partial charge in [-0.25, -0.2) is 9.48 Å². The molecule has 0 atom stereocenters. The van der Waals surface area contributed by atoms with Crippen LogP contribution in [0, 0.1) is 0 Å². The summed E-state index contributed by atoms with van der Waals surface area (Å²) in [5, 5.41) is 7.78. The molecule has 2 aromatic heterocycles. The van der Waals surface area contributed by atoms with Crippen LogP contribution in [0.2, 0.25) is 0 Å². The predicted octanol–water partition coefficient (Wildman–Crippen LogP) is -0.371. The third-order valence-corrected chi connectivity index (χ3v) is 2.83. The molecule has 0 aromatic carbocycles. The molecule has 7 heteroatoms. The zero-order chi connectivity index (χ0) is 12.6. The molecule has 2 rings (SSSR count). The van der Waals surface area contributed by atoms with Gasteiger partial charge < -0.3 is 0 Å². The Kier molecular flexibility index (Phi) is 2.83. The van der Waals surface area contributed by atoms with Gasteiger partial charge in [-0.15, -0.1) is 5.10 Å². The standard InChI is InChI=1S/C10H15N5O2/c1-4-5-6-15-8-7(11-12-15)9(16)14(3)10(17)13(8)2/h4-6H2,1-3H3. The first-order valence-electron chi connectivity index (χ1n) is 5.57. The van der Waals surface area contributed by atoms with Crippen LogP contribution in [0.1, 0.15) is 19.8 Å². The van der Waals surface area contributed by atoms with E-state index in [2.05, 4.69) is 17.2 Å². The maximum Gasteiger partial charge on any atom is 0.332 e. The van der Waals surface area contributed by atoms with Gasteiger partial charge in [0.2, 0.25) is 0 Å². The molecule has 0 unspecified atom stereocenters. The van der Waals surface area contributed by atoms with Crippen LogP contribution in [0.5, 0.6) is 0 Å². The Morgan fingerprint density at radius 1 is 1.18 bits per heavy atom. The van der Waals surface area contributed by atoms with Gasteiger partial charge in [-0.1, -0.05) is 18.6 Å². The van der Waals surface area contributed by atoms with Gasteiger partial charge in [0.15, 0.2) is 11.2 Å². The van der Waals surface area contributed by atoms with Crippen molar-refractivity contribution >= 4 is 11.2 Å². The summed E-state index contributed by atoms with van der Waals surface area (Å²) in [5.41, 5.74) is -0.0225. The summed E-state index contributed by atoms with van der Waals surface area (Å²) in [5.74, 6) is 0. The lowest BCUT2D eigenvalue weighted by molar-refractivity contribution is 0.554. The summed E-state index contributed by atoms with van der Waals surface area (Å²) in [4.78, 5) is 23.6. The minimum atomic E-state index is -0.397. The Morgan fingerprint density at radius 3 is 2.53 bits per heavy atom. The fourth-order valence-corrected chi connectivity index (χ4v) is 1.80. The highest BCUT2D eigenvalue weighted by molar-refractivity contribution is 5.68. The number of unbranched alkanes of at least 4 members (excludes halogenated alkanes) is 1. The normalized spacial score (nSPS) is 11.2. The zero-order valence-corrected chi connectivity index (χ0v) is 10.2. The second-order valence-corrected chi connectivity index (χ2v) is 4.04. The van der Waals surface area contributed by atoms with E-state index in [1.54, 1.807) is 11.7 Å². The number of aromatic nitrogens is 5. The van der Waals surface area contributed by atoms with Gasteiger partial charge in [0, 0.05) is 20.6 Å². The monoisotopic (exact) mass is 237 g/mol. The number of hydrogen-bond acceptors (Lipinski definition) is 4. The molecule has 0 saturated heterocycles. The smallest absolute Gasteiger partial charge is 0.279 e. The molecule has 0 bridgehead atoms. The maximum absolute atomic E-state index is 11.8. The minimum Gasteiger partial charge on any atom is -0.279 e. The zero-order valence-electron chi connectivity index (χ0n) is 10.2. The third kappa shape index (κ3) is 1.67. The average molecular weight is 237 g/mol. The molecule has 0 fully saturated rings. The second-order valence-electron chi connectivity index (χ2n) is 4.04. The van der Waals surface area contributed by atoms with Crippen LogP contribution in [0.4, 0.5) is 0 Å². The molecule has 2 heterocycles. The Bertz CT molecular complexity index is 664. The van der Waals surface area contributed by atoms with Crippen LogP contribution in [0.15, 0.2) is 9.59 Å². The fourth-order valence-electron chi connectivity index (χ4n) is 1.80. The second kappa shape index (κ2) is 4.15. The number of hydrogen-bond donors (Lipinski definition) is 0. The fraction of sp³-hybridized carbons (Fsp3) is 0.600. The van der Waals surface area contributed by atoms with Crippen LogP contribution in [0.3, 0.4) is 0 Å². The molecule has 7 nitrogen and oxygen atoms in total. The van der Waals surface area contributed by atoms with Crippen molar-refractivity contribution in [3.63, 3.8) is 0 Å². The van der Waals surface area contributed by atoms with E-state index < -0.39 is 5.56 Å². The highest BCUT2D eigenvalue weighted by Crippen LogP contribution is 2.04. The molecule has 0 aliphatic heterocycles. The molecule has 0 saturated carbocycles. The van der Waals surface area contributed by atoms with Crippen molar-refractivity contribution in [2.45, 2.75) is 26.3 Å². The molecule has 0 spiro atoms. The summed E-state index contributed by atoms with van der Waals surface area (Å²) < 4.78 is 4.06. The highest BCUT2D eigenvalue weighted by Gasteiger charge is 2.14. The van der Waals surface area contributed by atoms with E-state index in [1.807, 2.05) is 0 Å². The van der Waals surface area contributed by atoms with Crippen LogP contribution in [0.25, 0.3) is 11.2 Å². The maximum atomic E-state index is 11.8. The molecule has 0 N–H and O–H groups in total. The van der Waals surface area contributed by atoms with Crippen LogP contribution < -0.4 is 11.2 Å². The van der Waals surface area contributed by atoms with Gasteiger partial charge in [0.05, 0.1) is 0 Å². The largest absolute Gasteiger partial charge is 0.332 e. The van der Waals surface area contributed by atoms with E-state index in [0.29, 0.717) is 12.2 Å². The van der Waals surface area contributed by atoms with Gasteiger partial charge in [-0.2, -0.15) is 0 Å². The van der Waals surface area contributed by atoms with E-state index in [-0.39, 0.29) is 11.2 Å². The summed E-state index contributed by atoms with van der Waals surface area (Å²) in [6.45, 7) is 2.73. The quantitative estimate of drug-likeness (QED) is 0.730. The van der Waals surface area contributed by atoms with Crippen molar-refractivity contribution in [3.05, 3.63) is 20.8 Å². The Hall–Kier alpha value is -1.92. The number of aryl methyl sites for hydroxylation is 2. The molecular formula is C10H15N5O2. The lowest BCUT2D eigenvalue weighted by atomic mass is 10.3. The molecular weight excluding hydrogens is 222 g/mol. The Balaban J connectivity index is 2.77. The van der Waals surface area contributed by atoms with Gasteiger partial charge in [-0.3, -0.25) is 13.9 Å². The molecule has 0 amide bonds. The van der Waals surface area contributed by atoms with Crippen molar-refractivity contribution in [1.29, 1.82) is 0 Å². The van der Waals surface area contributed by atoms with Gasteiger partial charge in [0.25, 0.3) is 5.56 Å². The van der Waals surface area contributed by atoms with Gasteiger partial charge in [-0.05, 0) is 6.42 Å². The van der Waals surface area contributed by atoms with Crippen molar-refractivity contribution in [3.8, 4) is 0 Å². The molecule has 0 aliphatic carbocycles. The first kappa shape index (κ1) is 11.6. The topological polar surface area (TPSA) is 74.7 Å². The molecule has 17 heavy (non-hydrogen) atoms. The number of nitrogens with zero attached hydrogens (tertiary/aromatic N) is 5. The SMILES string of the molecule is CCCCn1nnc2c(=O)n(C)c(=O)n(C)c21. The van der Waals surface area contributed by atoms with Gasteiger partial charge in [0.1, 0.15) is 0 Å². The Labute approximate surface area is 97.3 Å². The summed E-state index contributed by atoms with van der Waals surface area (Å²) in [6.07, 6.45) is 1.95. The third-order valence-electron chi connectivity index (χ3n) is 2.83. The minimum absolute atomic E-state index is 0.241. The van der Waals surface area contributed by atoms with Crippen molar-refractivity contribution in [2.75, 3.05) is 0 Å². The summed E-state index contributed by atoms with van der Waals surface area (Å²) in [6, 6.07) is 0. The van der Waals surface area contributed by atoms with Crippen LogP contribution in [-0.2, 0) is 20.6 Å². The van der Waals surface area contributed by atoms with Crippen molar-refractivity contribution < 1.29 is 0 Å². The average Bonchev–Trinajstić information content (AvgIpc) is 2.75. The first-order chi connectivity index (χ1) is 8.07. The van der Waals surface area contributed by atoms with Gasteiger partial charge >= 0.3 is 5.69 Å². The number of rotatable bonds is 3. The molecule has 0 radical (unpaired) electrons. The molecule has 92 valence electrons. The van der Waals surface area contributed by atoms with Crippen LogP contribution in [-0.4, -0.2) is 24.1 Å². The Morgan fingerprint density at radius 2 is 1.88 bits per heavy atom. The van der Waals surface area contributed by atoms with E-state index in [4.69, 9.17) is 0 Å². The summed E-state index contributed by atoms with van der Waals surface area (Å²) in [7, 11) is 3.06. The van der Waals surface area contributed by atoms with E-state index in [0.717, 1.165) is 17.4 Å². The molecule has 0 aliphatic rings. The highest BCUT2D eigenvalue weighted by atomic mass is 16.2. The molecule has 2 aromatic rings.